The smallest absolute Gasteiger partial charge is 0.192 e. The molecular formula is C15H21NO2. The summed E-state index contributed by atoms with van der Waals surface area (Å²) in [5.74, 6) is 0.691. The Balaban J connectivity index is 2.09. The number of ether oxygens (including phenoxy) is 1. The quantitative estimate of drug-likeness (QED) is 0.828. The lowest BCUT2D eigenvalue weighted by atomic mass is 9.98. The Hall–Kier alpha value is -1.19. The van der Waals surface area contributed by atoms with Gasteiger partial charge in [-0.05, 0) is 24.0 Å². The number of carbonyl (C=O) groups excluding carboxylic acids is 1. The fourth-order valence-electron chi connectivity index (χ4n) is 2.24. The molecule has 1 N–H and O–H groups in total. The van der Waals surface area contributed by atoms with Gasteiger partial charge in [-0.2, -0.15) is 0 Å². The molecule has 0 aromatic heterocycles. The van der Waals surface area contributed by atoms with E-state index < -0.39 is 0 Å². The van der Waals surface area contributed by atoms with Crippen LogP contribution in [0.15, 0.2) is 24.3 Å². The monoisotopic (exact) mass is 247 g/mol. The molecule has 18 heavy (non-hydrogen) atoms. The summed E-state index contributed by atoms with van der Waals surface area (Å²) in [6, 6.07) is 7.92. The maximum absolute atomic E-state index is 12.3. The van der Waals surface area contributed by atoms with Crippen LogP contribution in [0.5, 0.6) is 0 Å². The Morgan fingerprint density at radius 2 is 2.33 bits per heavy atom. The van der Waals surface area contributed by atoms with Crippen LogP contribution in [0.1, 0.15) is 29.8 Å². The van der Waals surface area contributed by atoms with E-state index in [1.165, 1.54) is 5.56 Å². The first-order valence-electron chi connectivity index (χ1n) is 6.62. The van der Waals surface area contributed by atoms with Gasteiger partial charge in [-0.25, -0.2) is 0 Å². The third kappa shape index (κ3) is 3.40. The Kier molecular flexibility index (Phi) is 4.50. The zero-order chi connectivity index (χ0) is 13.0. The molecule has 0 radical (unpaired) electrons. The molecule has 0 bridgehead atoms. The van der Waals surface area contributed by atoms with E-state index in [2.05, 4.69) is 25.2 Å². The molecular weight excluding hydrogens is 226 g/mol. The Bertz CT molecular complexity index is 409. The minimum Gasteiger partial charge on any atom is -0.367 e. The van der Waals surface area contributed by atoms with Gasteiger partial charge in [0.15, 0.2) is 5.78 Å². The number of nitrogens with one attached hydrogen (secondary N) is 1. The van der Waals surface area contributed by atoms with Gasteiger partial charge < -0.3 is 10.1 Å². The predicted octanol–water partition coefficient (Wildman–Crippen LogP) is 2.06. The summed E-state index contributed by atoms with van der Waals surface area (Å²) in [6.45, 7) is 6.43. The molecule has 0 amide bonds. The highest BCUT2D eigenvalue weighted by Crippen LogP contribution is 2.13. The summed E-state index contributed by atoms with van der Waals surface area (Å²) < 4.78 is 5.50. The number of carbonyl (C=O) groups is 1. The lowest BCUT2D eigenvalue weighted by Gasteiger charge is -2.22. The standard InChI is InChI=1S/C15H21NO2/c1-11(2)8-12-4-3-5-13(9-12)15(17)14-10-16-6-7-18-14/h3-5,9,11,14,16H,6-8,10H2,1-2H3. The first-order chi connectivity index (χ1) is 8.66. The lowest BCUT2D eigenvalue weighted by Crippen LogP contribution is -2.43. The van der Waals surface area contributed by atoms with E-state index in [1.807, 2.05) is 18.2 Å². The zero-order valence-corrected chi connectivity index (χ0v) is 11.1. The second-order valence-corrected chi connectivity index (χ2v) is 5.23. The lowest BCUT2D eigenvalue weighted by molar-refractivity contribution is 0.0269. The topological polar surface area (TPSA) is 38.3 Å². The molecule has 0 saturated carbocycles. The number of rotatable bonds is 4. The second-order valence-electron chi connectivity index (χ2n) is 5.23. The molecule has 1 aromatic carbocycles. The first-order valence-corrected chi connectivity index (χ1v) is 6.62. The molecule has 98 valence electrons. The number of hydrogen-bond donors (Lipinski definition) is 1. The van der Waals surface area contributed by atoms with Crippen molar-refractivity contribution in [2.45, 2.75) is 26.4 Å². The van der Waals surface area contributed by atoms with Crippen molar-refractivity contribution in [2.75, 3.05) is 19.7 Å². The van der Waals surface area contributed by atoms with Gasteiger partial charge in [-0.15, -0.1) is 0 Å². The molecule has 1 saturated heterocycles. The number of morpholine rings is 1. The van der Waals surface area contributed by atoms with Crippen molar-refractivity contribution in [3.8, 4) is 0 Å². The SMILES string of the molecule is CC(C)Cc1cccc(C(=O)C2CNCCO2)c1. The van der Waals surface area contributed by atoms with E-state index >= 15 is 0 Å². The van der Waals surface area contributed by atoms with Crippen LogP contribution in [-0.2, 0) is 11.2 Å². The van der Waals surface area contributed by atoms with E-state index in [0.717, 1.165) is 18.5 Å². The normalized spacial score (nSPS) is 20.1. The van der Waals surface area contributed by atoms with E-state index in [9.17, 15) is 4.79 Å². The number of hydrogen-bond acceptors (Lipinski definition) is 3. The summed E-state index contributed by atoms with van der Waals surface area (Å²) in [6.07, 6.45) is 0.679. The van der Waals surface area contributed by atoms with Crippen LogP contribution in [0.25, 0.3) is 0 Å². The molecule has 2 rings (SSSR count). The van der Waals surface area contributed by atoms with E-state index in [-0.39, 0.29) is 11.9 Å². The largest absolute Gasteiger partial charge is 0.367 e. The van der Waals surface area contributed by atoms with Crippen LogP contribution >= 0.6 is 0 Å². The van der Waals surface area contributed by atoms with Gasteiger partial charge in [0.05, 0.1) is 6.61 Å². The average molecular weight is 247 g/mol. The molecule has 1 aliphatic rings. The highest BCUT2D eigenvalue weighted by molar-refractivity contribution is 5.99. The van der Waals surface area contributed by atoms with Crippen LogP contribution in [-0.4, -0.2) is 31.6 Å². The summed E-state index contributed by atoms with van der Waals surface area (Å²) in [5, 5.41) is 3.19. The van der Waals surface area contributed by atoms with Crippen molar-refractivity contribution in [3.63, 3.8) is 0 Å². The fourth-order valence-corrected chi connectivity index (χ4v) is 2.24. The minimum absolute atomic E-state index is 0.0906. The van der Waals surface area contributed by atoms with Crippen LogP contribution in [0.2, 0.25) is 0 Å². The minimum atomic E-state index is -0.326. The van der Waals surface area contributed by atoms with Crippen LogP contribution in [0, 0.1) is 5.92 Å². The van der Waals surface area contributed by atoms with Crippen molar-refractivity contribution < 1.29 is 9.53 Å². The molecule has 3 nitrogen and oxygen atoms in total. The summed E-state index contributed by atoms with van der Waals surface area (Å²) in [5.41, 5.74) is 1.99. The molecule has 1 aliphatic heterocycles. The van der Waals surface area contributed by atoms with E-state index in [4.69, 9.17) is 4.74 Å². The van der Waals surface area contributed by atoms with Crippen molar-refractivity contribution in [1.82, 2.24) is 5.32 Å². The third-order valence-electron chi connectivity index (χ3n) is 3.08. The third-order valence-corrected chi connectivity index (χ3v) is 3.08. The Labute approximate surface area is 109 Å². The van der Waals surface area contributed by atoms with Gasteiger partial charge in [-0.3, -0.25) is 4.79 Å². The highest BCUT2D eigenvalue weighted by atomic mass is 16.5. The molecule has 3 heteroatoms. The van der Waals surface area contributed by atoms with E-state index in [0.29, 0.717) is 19.1 Å². The number of ketones is 1. The van der Waals surface area contributed by atoms with Crippen molar-refractivity contribution >= 4 is 5.78 Å². The molecule has 1 aromatic rings. The van der Waals surface area contributed by atoms with E-state index in [1.54, 1.807) is 0 Å². The van der Waals surface area contributed by atoms with Crippen molar-refractivity contribution in [1.29, 1.82) is 0 Å². The molecule has 1 heterocycles. The fraction of sp³-hybridized carbons (Fsp3) is 0.533. The van der Waals surface area contributed by atoms with Crippen LogP contribution < -0.4 is 5.32 Å². The maximum Gasteiger partial charge on any atom is 0.192 e. The summed E-state index contributed by atoms with van der Waals surface area (Å²) in [4.78, 5) is 12.3. The van der Waals surface area contributed by atoms with Gasteiger partial charge in [0.1, 0.15) is 6.10 Å². The van der Waals surface area contributed by atoms with Crippen molar-refractivity contribution in [3.05, 3.63) is 35.4 Å². The molecule has 1 fully saturated rings. The van der Waals surface area contributed by atoms with Gasteiger partial charge in [-0.1, -0.05) is 32.0 Å². The summed E-state index contributed by atoms with van der Waals surface area (Å²) in [7, 11) is 0. The molecule has 0 aliphatic carbocycles. The average Bonchev–Trinajstić information content (AvgIpc) is 2.38. The maximum atomic E-state index is 12.3. The van der Waals surface area contributed by atoms with Gasteiger partial charge >= 0.3 is 0 Å². The predicted molar refractivity (Wildman–Crippen MR) is 71.9 cm³/mol. The van der Waals surface area contributed by atoms with Crippen LogP contribution in [0.4, 0.5) is 0 Å². The van der Waals surface area contributed by atoms with Gasteiger partial charge in [0.25, 0.3) is 0 Å². The zero-order valence-electron chi connectivity index (χ0n) is 11.1. The number of benzene rings is 1. The highest BCUT2D eigenvalue weighted by Gasteiger charge is 2.23. The Morgan fingerprint density at radius 1 is 1.50 bits per heavy atom. The van der Waals surface area contributed by atoms with Gasteiger partial charge in [0.2, 0.25) is 0 Å². The van der Waals surface area contributed by atoms with Crippen molar-refractivity contribution in [2.24, 2.45) is 5.92 Å². The number of Topliss-reactive ketones (excluding diaryl/α,β-unsaturated/α-hetero) is 1. The molecule has 1 unspecified atom stereocenters. The van der Waals surface area contributed by atoms with Gasteiger partial charge in [0, 0.05) is 18.7 Å². The first kappa shape index (κ1) is 13.2. The molecule has 1 atom stereocenters. The Morgan fingerprint density at radius 3 is 3.00 bits per heavy atom. The molecule has 0 spiro atoms. The second kappa shape index (κ2) is 6.12. The van der Waals surface area contributed by atoms with Crippen LogP contribution in [0.3, 0.4) is 0 Å². The summed E-state index contributed by atoms with van der Waals surface area (Å²) >= 11 is 0.